The Labute approximate surface area is 137 Å². The quantitative estimate of drug-likeness (QED) is 0.829. The van der Waals surface area contributed by atoms with Crippen LogP contribution in [-0.4, -0.2) is 25.0 Å². The summed E-state index contributed by atoms with van der Waals surface area (Å²) < 4.78 is 0.837. The minimum absolute atomic E-state index is 0.230. The Balaban J connectivity index is 2.28. The fourth-order valence-corrected chi connectivity index (χ4v) is 2.56. The van der Waals surface area contributed by atoms with Crippen molar-refractivity contribution in [3.63, 3.8) is 0 Å². The first kappa shape index (κ1) is 15.8. The Morgan fingerprint density at radius 3 is 2.62 bits per heavy atom. The van der Waals surface area contributed by atoms with Gasteiger partial charge in [0.1, 0.15) is 11.0 Å². The predicted octanol–water partition coefficient (Wildman–Crippen LogP) is 4.12. The molecule has 1 heterocycles. The summed E-state index contributed by atoms with van der Waals surface area (Å²) in [5.41, 5.74) is 2.29. The summed E-state index contributed by atoms with van der Waals surface area (Å²) in [6, 6.07) is 8.98. The maximum absolute atomic E-state index is 12.3. The Bertz CT molecular complexity index is 689. The van der Waals surface area contributed by atoms with Gasteiger partial charge in [-0.1, -0.05) is 17.7 Å². The van der Waals surface area contributed by atoms with E-state index in [0.29, 0.717) is 17.1 Å². The van der Waals surface area contributed by atoms with Crippen molar-refractivity contribution < 1.29 is 4.79 Å². The molecule has 0 bridgehead atoms. The number of anilines is 2. The molecule has 6 heteroatoms. The van der Waals surface area contributed by atoms with Crippen LogP contribution >= 0.6 is 27.5 Å². The monoisotopic (exact) mass is 367 g/mol. The average Bonchev–Trinajstić information content (AvgIpc) is 2.41. The fourth-order valence-electron chi connectivity index (χ4n) is 1.76. The van der Waals surface area contributed by atoms with E-state index in [9.17, 15) is 4.79 Å². The van der Waals surface area contributed by atoms with Crippen molar-refractivity contribution >= 4 is 44.9 Å². The van der Waals surface area contributed by atoms with E-state index >= 15 is 0 Å². The molecule has 0 atom stereocenters. The topological polar surface area (TPSA) is 45.2 Å². The number of halogens is 2. The van der Waals surface area contributed by atoms with Gasteiger partial charge in [0.05, 0.1) is 5.69 Å². The van der Waals surface area contributed by atoms with E-state index in [2.05, 4.69) is 26.2 Å². The van der Waals surface area contributed by atoms with Gasteiger partial charge in [0.15, 0.2) is 0 Å². The normalized spacial score (nSPS) is 10.3. The summed E-state index contributed by atoms with van der Waals surface area (Å²) in [5.74, 6) is 0.405. The number of nitrogens with one attached hydrogen (secondary N) is 1. The van der Waals surface area contributed by atoms with Crippen molar-refractivity contribution in [2.24, 2.45) is 0 Å². The van der Waals surface area contributed by atoms with Gasteiger partial charge in [0.2, 0.25) is 0 Å². The molecule has 0 fully saturated rings. The van der Waals surface area contributed by atoms with E-state index in [1.54, 1.807) is 17.0 Å². The van der Waals surface area contributed by atoms with Crippen LogP contribution in [0.15, 0.2) is 34.8 Å². The molecule has 2 aromatic rings. The van der Waals surface area contributed by atoms with E-state index in [1.807, 2.05) is 39.2 Å². The molecule has 1 N–H and O–H groups in total. The molecule has 0 aliphatic carbocycles. The Hall–Kier alpha value is -1.59. The molecule has 0 unspecified atom stereocenters. The number of carbonyl (C=O) groups is 1. The zero-order valence-electron chi connectivity index (χ0n) is 11.9. The van der Waals surface area contributed by atoms with Crippen molar-refractivity contribution in [3.05, 3.63) is 51.1 Å². The summed E-state index contributed by atoms with van der Waals surface area (Å²) >= 11 is 9.41. The smallest absolute Gasteiger partial charge is 0.255 e. The van der Waals surface area contributed by atoms with Crippen LogP contribution in [0.1, 0.15) is 15.9 Å². The fraction of sp³-hybridized carbons (Fsp3) is 0.200. The standard InChI is InChI=1S/C15H15BrClN3O/c1-9-4-5-12(11(16)6-9)18-15(21)10-7-13(17)19-14(8-10)20(2)3/h4-8H,1-3H3,(H,18,21). The third kappa shape index (κ3) is 3.95. The van der Waals surface area contributed by atoms with E-state index in [4.69, 9.17) is 11.6 Å². The predicted molar refractivity (Wildman–Crippen MR) is 90.4 cm³/mol. The highest BCUT2D eigenvalue weighted by Gasteiger charge is 2.12. The lowest BCUT2D eigenvalue weighted by molar-refractivity contribution is 0.102. The second kappa shape index (κ2) is 6.45. The average molecular weight is 369 g/mol. The minimum Gasteiger partial charge on any atom is -0.363 e. The SMILES string of the molecule is Cc1ccc(NC(=O)c2cc(Cl)nc(N(C)C)c2)c(Br)c1. The minimum atomic E-state index is -0.230. The molecule has 2 rings (SSSR count). The Morgan fingerprint density at radius 1 is 1.29 bits per heavy atom. The van der Waals surface area contributed by atoms with Gasteiger partial charge in [-0.15, -0.1) is 0 Å². The number of pyridine rings is 1. The number of aryl methyl sites for hydroxylation is 1. The second-order valence-corrected chi connectivity index (χ2v) is 6.11. The summed E-state index contributed by atoms with van der Waals surface area (Å²) in [6.07, 6.45) is 0. The molecule has 0 spiro atoms. The molecular formula is C15H15BrClN3O. The largest absolute Gasteiger partial charge is 0.363 e. The molecule has 0 radical (unpaired) electrons. The second-order valence-electron chi connectivity index (χ2n) is 4.87. The Morgan fingerprint density at radius 2 is 2.00 bits per heavy atom. The molecule has 0 saturated heterocycles. The zero-order chi connectivity index (χ0) is 15.6. The number of amides is 1. The van der Waals surface area contributed by atoms with Crippen molar-refractivity contribution in [3.8, 4) is 0 Å². The van der Waals surface area contributed by atoms with Crippen molar-refractivity contribution in [2.75, 3.05) is 24.3 Å². The number of benzene rings is 1. The zero-order valence-corrected chi connectivity index (χ0v) is 14.3. The lowest BCUT2D eigenvalue weighted by atomic mass is 10.2. The third-order valence-corrected chi connectivity index (χ3v) is 3.72. The summed E-state index contributed by atoms with van der Waals surface area (Å²) in [6.45, 7) is 1.99. The summed E-state index contributed by atoms with van der Waals surface area (Å²) in [5, 5.41) is 3.14. The van der Waals surface area contributed by atoms with Gasteiger partial charge in [-0.3, -0.25) is 4.79 Å². The highest BCUT2D eigenvalue weighted by atomic mass is 79.9. The molecule has 1 aromatic heterocycles. The van der Waals surface area contributed by atoms with Crippen LogP contribution in [-0.2, 0) is 0 Å². The Kier molecular flexibility index (Phi) is 4.85. The van der Waals surface area contributed by atoms with Crippen LogP contribution in [0, 0.1) is 6.92 Å². The van der Waals surface area contributed by atoms with E-state index < -0.39 is 0 Å². The summed E-state index contributed by atoms with van der Waals surface area (Å²) in [4.78, 5) is 18.3. The van der Waals surface area contributed by atoms with Gasteiger partial charge in [0.25, 0.3) is 5.91 Å². The van der Waals surface area contributed by atoms with Crippen LogP contribution in [0.2, 0.25) is 5.15 Å². The van der Waals surface area contributed by atoms with Crippen LogP contribution in [0.25, 0.3) is 0 Å². The van der Waals surface area contributed by atoms with E-state index in [1.165, 1.54) is 0 Å². The van der Waals surface area contributed by atoms with Crippen molar-refractivity contribution in [2.45, 2.75) is 6.92 Å². The maximum Gasteiger partial charge on any atom is 0.255 e. The number of rotatable bonds is 3. The lowest BCUT2D eigenvalue weighted by Gasteiger charge is -2.13. The molecule has 110 valence electrons. The van der Waals surface area contributed by atoms with Gasteiger partial charge in [-0.05, 0) is 52.7 Å². The number of aromatic nitrogens is 1. The maximum atomic E-state index is 12.3. The van der Waals surface area contributed by atoms with Gasteiger partial charge >= 0.3 is 0 Å². The first-order valence-electron chi connectivity index (χ1n) is 6.29. The molecule has 21 heavy (non-hydrogen) atoms. The molecule has 0 aliphatic rings. The molecule has 4 nitrogen and oxygen atoms in total. The van der Waals surface area contributed by atoms with Gasteiger partial charge < -0.3 is 10.2 Å². The molecule has 1 amide bonds. The number of hydrogen-bond donors (Lipinski definition) is 1. The van der Waals surface area contributed by atoms with Gasteiger partial charge in [0, 0.05) is 24.1 Å². The highest BCUT2D eigenvalue weighted by molar-refractivity contribution is 9.10. The van der Waals surface area contributed by atoms with Crippen LogP contribution in [0.3, 0.4) is 0 Å². The molecule has 0 saturated carbocycles. The number of hydrogen-bond acceptors (Lipinski definition) is 3. The van der Waals surface area contributed by atoms with Gasteiger partial charge in [-0.2, -0.15) is 0 Å². The van der Waals surface area contributed by atoms with Crippen molar-refractivity contribution in [1.82, 2.24) is 4.98 Å². The van der Waals surface area contributed by atoms with Crippen molar-refractivity contribution in [1.29, 1.82) is 0 Å². The lowest BCUT2D eigenvalue weighted by Crippen LogP contribution is -2.16. The molecular weight excluding hydrogens is 354 g/mol. The number of nitrogens with zero attached hydrogens (tertiary/aromatic N) is 2. The van der Waals surface area contributed by atoms with Crippen LogP contribution in [0.5, 0.6) is 0 Å². The van der Waals surface area contributed by atoms with Crippen LogP contribution < -0.4 is 10.2 Å². The molecule has 1 aromatic carbocycles. The summed E-state index contributed by atoms with van der Waals surface area (Å²) in [7, 11) is 3.69. The third-order valence-electron chi connectivity index (χ3n) is 2.87. The van der Waals surface area contributed by atoms with E-state index in [0.717, 1.165) is 10.0 Å². The first-order valence-corrected chi connectivity index (χ1v) is 7.46. The van der Waals surface area contributed by atoms with Gasteiger partial charge in [-0.25, -0.2) is 4.98 Å². The van der Waals surface area contributed by atoms with E-state index in [-0.39, 0.29) is 11.1 Å². The molecule has 0 aliphatic heterocycles. The highest BCUT2D eigenvalue weighted by Crippen LogP contribution is 2.24. The first-order chi connectivity index (χ1) is 9.86. The van der Waals surface area contributed by atoms with Crippen LogP contribution in [0.4, 0.5) is 11.5 Å². The number of carbonyl (C=O) groups excluding carboxylic acids is 1.